The second-order valence-electron chi connectivity index (χ2n) is 7.87. The van der Waals surface area contributed by atoms with E-state index in [0.29, 0.717) is 10.7 Å². The van der Waals surface area contributed by atoms with Gasteiger partial charge in [0.2, 0.25) is 11.8 Å². The number of rotatable bonds is 1. The third kappa shape index (κ3) is 2.19. The number of benzene rings is 3. The lowest BCUT2D eigenvalue weighted by Gasteiger charge is -2.45. The van der Waals surface area contributed by atoms with E-state index in [1.54, 1.807) is 12.1 Å². The molecule has 1 saturated heterocycles. The SMILES string of the molecule is O=C1[C@@H]2C3c4ccccc4C(c4ccccc43)[C@@H]2C(=O)N1c1ccc(Br)cc1Cl. The Balaban J connectivity index is 1.57. The van der Waals surface area contributed by atoms with E-state index >= 15 is 0 Å². The molecule has 3 aromatic carbocycles. The van der Waals surface area contributed by atoms with Crippen LogP contribution < -0.4 is 4.90 Å². The molecule has 4 aliphatic rings. The lowest BCUT2D eigenvalue weighted by atomic mass is 9.55. The zero-order valence-corrected chi connectivity index (χ0v) is 17.5. The summed E-state index contributed by atoms with van der Waals surface area (Å²) >= 11 is 9.82. The van der Waals surface area contributed by atoms with Crippen molar-refractivity contribution in [3.05, 3.63) is 98.5 Å². The molecule has 5 heteroatoms. The fourth-order valence-corrected chi connectivity index (χ4v) is 6.34. The number of carbonyl (C=O) groups excluding carboxylic acids is 2. The van der Waals surface area contributed by atoms with Crippen LogP contribution in [0.2, 0.25) is 5.02 Å². The van der Waals surface area contributed by atoms with Gasteiger partial charge < -0.3 is 0 Å². The van der Waals surface area contributed by atoms with E-state index in [4.69, 9.17) is 11.6 Å². The quantitative estimate of drug-likeness (QED) is 0.446. The lowest BCUT2D eigenvalue weighted by molar-refractivity contribution is -0.122. The van der Waals surface area contributed by atoms with Crippen molar-refractivity contribution in [3.63, 3.8) is 0 Å². The van der Waals surface area contributed by atoms with Crippen LogP contribution in [0.25, 0.3) is 0 Å². The van der Waals surface area contributed by atoms with Crippen LogP contribution in [0.1, 0.15) is 34.1 Å². The molecule has 2 amide bonds. The number of hydrogen-bond acceptors (Lipinski definition) is 2. The van der Waals surface area contributed by atoms with Crippen molar-refractivity contribution in [1.29, 1.82) is 0 Å². The molecule has 1 aliphatic heterocycles. The molecule has 2 bridgehead atoms. The summed E-state index contributed by atoms with van der Waals surface area (Å²) in [5.41, 5.74) is 5.14. The first-order chi connectivity index (χ1) is 14.1. The highest BCUT2D eigenvalue weighted by atomic mass is 79.9. The van der Waals surface area contributed by atoms with Crippen molar-refractivity contribution in [2.45, 2.75) is 11.8 Å². The van der Waals surface area contributed by atoms with Gasteiger partial charge in [0.05, 0.1) is 22.5 Å². The summed E-state index contributed by atoms with van der Waals surface area (Å²) < 4.78 is 0.808. The smallest absolute Gasteiger partial charge is 0.238 e. The third-order valence-corrected chi connectivity index (χ3v) is 7.40. The molecule has 3 aromatic rings. The van der Waals surface area contributed by atoms with Gasteiger partial charge >= 0.3 is 0 Å². The Morgan fingerprint density at radius 1 is 0.724 bits per heavy atom. The van der Waals surface area contributed by atoms with Crippen LogP contribution in [-0.4, -0.2) is 11.8 Å². The maximum Gasteiger partial charge on any atom is 0.238 e. The highest BCUT2D eigenvalue weighted by molar-refractivity contribution is 9.10. The van der Waals surface area contributed by atoms with Crippen LogP contribution in [0.15, 0.2) is 71.2 Å². The molecule has 0 N–H and O–H groups in total. The fourth-order valence-electron chi connectivity index (χ4n) is 5.58. The van der Waals surface area contributed by atoms with E-state index in [2.05, 4.69) is 40.2 Å². The molecule has 7 rings (SSSR count). The molecule has 0 unspecified atom stereocenters. The van der Waals surface area contributed by atoms with Crippen molar-refractivity contribution in [1.82, 2.24) is 0 Å². The average molecular weight is 465 g/mol. The van der Waals surface area contributed by atoms with E-state index in [1.807, 2.05) is 30.3 Å². The molecule has 29 heavy (non-hydrogen) atoms. The van der Waals surface area contributed by atoms with E-state index < -0.39 is 11.8 Å². The van der Waals surface area contributed by atoms with Crippen LogP contribution in [-0.2, 0) is 9.59 Å². The topological polar surface area (TPSA) is 37.4 Å². The molecular weight excluding hydrogens is 450 g/mol. The van der Waals surface area contributed by atoms with Gasteiger partial charge in [-0.25, -0.2) is 4.90 Å². The third-order valence-electron chi connectivity index (χ3n) is 6.60. The normalized spacial score (nSPS) is 26.3. The van der Waals surface area contributed by atoms with Crippen molar-refractivity contribution in [2.24, 2.45) is 11.8 Å². The van der Waals surface area contributed by atoms with Gasteiger partial charge in [0.25, 0.3) is 0 Å². The maximum absolute atomic E-state index is 13.6. The van der Waals surface area contributed by atoms with Gasteiger partial charge in [-0.05, 0) is 40.5 Å². The van der Waals surface area contributed by atoms with Gasteiger partial charge in [-0.15, -0.1) is 0 Å². The molecule has 1 fully saturated rings. The monoisotopic (exact) mass is 463 g/mol. The van der Waals surface area contributed by atoms with Gasteiger partial charge in [-0.3, -0.25) is 9.59 Å². The summed E-state index contributed by atoms with van der Waals surface area (Å²) in [6, 6.07) is 21.7. The number of halogens is 2. The highest BCUT2D eigenvalue weighted by Gasteiger charge is 2.61. The van der Waals surface area contributed by atoms with Crippen molar-refractivity contribution in [2.75, 3.05) is 4.90 Å². The molecule has 2 atom stereocenters. The van der Waals surface area contributed by atoms with Crippen LogP contribution in [0.4, 0.5) is 5.69 Å². The summed E-state index contributed by atoms with van der Waals surface area (Å²) in [6.07, 6.45) is 0. The Kier molecular flexibility index (Phi) is 3.63. The molecule has 3 aliphatic carbocycles. The molecule has 0 aromatic heterocycles. The second-order valence-corrected chi connectivity index (χ2v) is 9.20. The summed E-state index contributed by atoms with van der Waals surface area (Å²) in [5.74, 6) is -1.29. The Morgan fingerprint density at radius 3 is 1.59 bits per heavy atom. The minimum absolute atomic E-state index is 0.104. The summed E-state index contributed by atoms with van der Waals surface area (Å²) in [4.78, 5) is 28.6. The van der Waals surface area contributed by atoms with Gasteiger partial charge in [0.1, 0.15) is 0 Å². The van der Waals surface area contributed by atoms with Crippen molar-refractivity contribution < 1.29 is 9.59 Å². The second kappa shape index (κ2) is 6.04. The number of nitrogens with zero attached hydrogens (tertiary/aromatic N) is 1. The Labute approximate surface area is 181 Å². The maximum atomic E-state index is 13.6. The zero-order chi connectivity index (χ0) is 19.9. The van der Waals surface area contributed by atoms with E-state index in [1.165, 1.54) is 27.2 Å². The Bertz CT molecular complexity index is 1110. The highest BCUT2D eigenvalue weighted by Crippen LogP contribution is 2.61. The molecule has 0 spiro atoms. The van der Waals surface area contributed by atoms with Crippen molar-refractivity contribution in [3.8, 4) is 0 Å². The van der Waals surface area contributed by atoms with Gasteiger partial charge in [0, 0.05) is 16.3 Å². The van der Waals surface area contributed by atoms with Gasteiger partial charge in [-0.2, -0.15) is 0 Å². The van der Waals surface area contributed by atoms with Crippen LogP contribution in [0, 0.1) is 11.8 Å². The lowest BCUT2D eigenvalue weighted by Crippen LogP contribution is -2.41. The van der Waals surface area contributed by atoms with Gasteiger partial charge in [0.15, 0.2) is 0 Å². The molecule has 142 valence electrons. The minimum Gasteiger partial charge on any atom is -0.274 e. The summed E-state index contributed by atoms with van der Waals surface area (Å²) in [7, 11) is 0. The van der Waals surface area contributed by atoms with Crippen molar-refractivity contribution >= 4 is 45.0 Å². The number of amides is 2. The first kappa shape index (κ1) is 17.4. The standard InChI is InChI=1S/C24H15BrClNO2/c25-12-9-10-18(17(26)11-12)27-23(28)21-19-13-5-1-2-6-14(13)20(22(21)24(27)29)16-8-4-3-7-15(16)19/h1-11,19-22H/t19?,20?,21-,22+. The summed E-state index contributed by atoms with van der Waals surface area (Å²) in [5, 5.41) is 0.391. The number of carbonyl (C=O) groups is 2. The largest absolute Gasteiger partial charge is 0.274 e. The molecule has 0 radical (unpaired) electrons. The van der Waals surface area contributed by atoms with E-state index in [-0.39, 0.29) is 23.7 Å². The van der Waals surface area contributed by atoms with Crippen LogP contribution >= 0.6 is 27.5 Å². The minimum atomic E-state index is -0.392. The average Bonchev–Trinajstić information content (AvgIpc) is 2.99. The molecule has 0 saturated carbocycles. The number of anilines is 1. The molecule has 1 heterocycles. The van der Waals surface area contributed by atoms with Crippen LogP contribution in [0.5, 0.6) is 0 Å². The Hall–Kier alpha value is -2.43. The van der Waals surface area contributed by atoms with Crippen LogP contribution in [0.3, 0.4) is 0 Å². The number of hydrogen-bond donors (Lipinski definition) is 0. The summed E-state index contributed by atoms with van der Waals surface area (Å²) in [6.45, 7) is 0. The zero-order valence-electron chi connectivity index (χ0n) is 15.2. The molecule has 3 nitrogen and oxygen atoms in total. The fraction of sp³-hybridized carbons (Fsp3) is 0.167. The van der Waals surface area contributed by atoms with Gasteiger partial charge in [-0.1, -0.05) is 76.1 Å². The molecular formula is C24H15BrClNO2. The predicted molar refractivity (Wildman–Crippen MR) is 115 cm³/mol. The van der Waals surface area contributed by atoms with E-state index in [9.17, 15) is 9.59 Å². The Morgan fingerprint density at radius 2 is 1.17 bits per heavy atom. The number of imide groups is 1. The first-order valence-electron chi connectivity index (χ1n) is 9.58. The van der Waals surface area contributed by atoms with E-state index in [0.717, 1.165) is 4.47 Å². The predicted octanol–water partition coefficient (Wildman–Crippen LogP) is 5.50. The first-order valence-corrected chi connectivity index (χ1v) is 10.8.